The summed E-state index contributed by atoms with van der Waals surface area (Å²) in [5, 5.41) is 10.0. The predicted molar refractivity (Wildman–Crippen MR) is 45.9 cm³/mol. The number of amides is 1. The standard InChI is InChI=1S/C8H5F3N2O3/c9-8(10,11)7(16)13-5-3-12-2-1-4(5)6(14)15/h1-3H,(H,13,16)(H,14,15). The van der Waals surface area contributed by atoms with Crippen LogP contribution in [0.3, 0.4) is 0 Å². The van der Waals surface area contributed by atoms with E-state index in [4.69, 9.17) is 5.11 Å². The summed E-state index contributed by atoms with van der Waals surface area (Å²) in [4.78, 5) is 24.6. The summed E-state index contributed by atoms with van der Waals surface area (Å²) in [6.07, 6.45) is -3.16. The van der Waals surface area contributed by atoms with Crippen molar-refractivity contribution >= 4 is 17.6 Å². The lowest BCUT2D eigenvalue weighted by atomic mass is 10.2. The average Bonchev–Trinajstić information content (AvgIpc) is 2.16. The molecular formula is C8H5F3N2O3. The van der Waals surface area contributed by atoms with Crippen molar-refractivity contribution in [3.63, 3.8) is 0 Å². The van der Waals surface area contributed by atoms with Gasteiger partial charge >= 0.3 is 18.1 Å². The molecule has 0 fully saturated rings. The average molecular weight is 234 g/mol. The second-order valence-corrected chi connectivity index (χ2v) is 2.68. The van der Waals surface area contributed by atoms with Crippen molar-refractivity contribution in [2.45, 2.75) is 6.18 Å². The lowest BCUT2D eigenvalue weighted by molar-refractivity contribution is -0.167. The molecule has 0 aromatic carbocycles. The number of rotatable bonds is 2. The lowest BCUT2D eigenvalue weighted by Gasteiger charge is -2.09. The molecule has 1 heterocycles. The van der Waals surface area contributed by atoms with Crippen molar-refractivity contribution in [1.29, 1.82) is 0 Å². The van der Waals surface area contributed by atoms with E-state index in [0.717, 1.165) is 18.5 Å². The number of hydrogen-bond acceptors (Lipinski definition) is 3. The van der Waals surface area contributed by atoms with Gasteiger partial charge in [-0.1, -0.05) is 0 Å². The topological polar surface area (TPSA) is 79.3 Å². The molecule has 0 unspecified atom stereocenters. The Bertz CT molecular complexity index is 431. The molecular weight excluding hydrogens is 229 g/mol. The highest BCUT2D eigenvalue weighted by Gasteiger charge is 2.39. The molecule has 0 saturated carbocycles. The van der Waals surface area contributed by atoms with Gasteiger partial charge in [0.05, 0.1) is 17.4 Å². The van der Waals surface area contributed by atoms with Crippen molar-refractivity contribution < 1.29 is 27.9 Å². The van der Waals surface area contributed by atoms with Crippen molar-refractivity contribution in [1.82, 2.24) is 4.98 Å². The molecule has 1 aromatic rings. The summed E-state index contributed by atoms with van der Waals surface area (Å²) < 4.78 is 35.7. The first-order valence-corrected chi connectivity index (χ1v) is 3.88. The van der Waals surface area contributed by atoms with Crippen LogP contribution < -0.4 is 5.32 Å². The van der Waals surface area contributed by atoms with Crippen LogP contribution >= 0.6 is 0 Å². The third kappa shape index (κ3) is 2.69. The van der Waals surface area contributed by atoms with Crippen molar-refractivity contribution in [2.24, 2.45) is 0 Å². The van der Waals surface area contributed by atoms with Gasteiger partial charge in [-0.25, -0.2) is 4.79 Å². The molecule has 1 aromatic heterocycles. The van der Waals surface area contributed by atoms with Gasteiger partial charge in [-0.15, -0.1) is 0 Å². The number of anilines is 1. The SMILES string of the molecule is O=C(O)c1ccncc1NC(=O)C(F)(F)F. The van der Waals surface area contributed by atoms with Crippen molar-refractivity contribution in [3.05, 3.63) is 24.0 Å². The fourth-order valence-electron chi connectivity index (χ4n) is 0.874. The van der Waals surface area contributed by atoms with E-state index < -0.39 is 29.3 Å². The Labute approximate surface area is 86.9 Å². The van der Waals surface area contributed by atoms with Crippen molar-refractivity contribution in [2.75, 3.05) is 5.32 Å². The molecule has 1 amide bonds. The summed E-state index contributed by atoms with van der Waals surface area (Å²) in [6, 6.07) is 0.980. The van der Waals surface area contributed by atoms with Crippen LogP contribution in [-0.2, 0) is 4.79 Å². The third-order valence-corrected chi connectivity index (χ3v) is 1.56. The maximum atomic E-state index is 11.9. The molecule has 0 aliphatic heterocycles. The van der Waals surface area contributed by atoms with Crippen LogP contribution in [0.4, 0.5) is 18.9 Å². The number of carbonyl (C=O) groups is 2. The van der Waals surface area contributed by atoms with Crippen LogP contribution in [0.1, 0.15) is 10.4 Å². The van der Waals surface area contributed by atoms with Gasteiger partial charge in [-0.2, -0.15) is 13.2 Å². The number of aromatic carboxylic acids is 1. The predicted octanol–water partition coefficient (Wildman–Crippen LogP) is 1.28. The summed E-state index contributed by atoms with van der Waals surface area (Å²) in [5.74, 6) is -3.71. The van der Waals surface area contributed by atoms with E-state index in [1.54, 1.807) is 0 Å². The Hall–Kier alpha value is -2.12. The van der Waals surface area contributed by atoms with E-state index in [-0.39, 0.29) is 0 Å². The maximum absolute atomic E-state index is 11.9. The Morgan fingerprint density at radius 3 is 2.50 bits per heavy atom. The Morgan fingerprint density at radius 2 is 2.00 bits per heavy atom. The molecule has 0 radical (unpaired) electrons. The van der Waals surface area contributed by atoms with E-state index in [9.17, 15) is 22.8 Å². The number of nitrogens with zero attached hydrogens (tertiary/aromatic N) is 1. The largest absolute Gasteiger partial charge is 0.478 e. The van der Waals surface area contributed by atoms with Gasteiger partial charge in [0, 0.05) is 6.20 Å². The molecule has 0 aliphatic rings. The number of pyridine rings is 1. The van der Waals surface area contributed by atoms with Crippen LogP contribution in [0, 0.1) is 0 Å². The third-order valence-electron chi connectivity index (χ3n) is 1.56. The van der Waals surface area contributed by atoms with E-state index in [0.29, 0.717) is 0 Å². The minimum absolute atomic E-state index is 0.465. The zero-order valence-corrected chi connectivity index (χ0v) is 7.58. The Morgan fingerprint density at radius 1 is 1.38 bits per heavy atom. The minimum Gasteiger partial charge on any atom is -0.478 e. The fourth-order valence-corrected chi connectivity index (χ4v) is 0.874. The van der Waals surface area contributed by atoms with Gasteiger partial charge in [0.1, 0.15) is 0 Å². The summed E-state index contributed by atoms with van der Waals surface area (Å²) in [6.45, 7) is 0. The minimum atomic E-state index is -5.08. The molecule has 1 rings (SSSR count). The monoisotopic (exact) mass is 234 g/mol. The lowest BCUT2D eigenvalue weighted by Crippen LogP contribution is -2.30. The summed E-state index contributed by atoms with van der Waals surface area (Å²) in [5.41, 5.74) is -0.968. The van der Waals surface area contributed by atoms with E-state index >= 15 is 0 Å². The first-order valence-electron chi connectivity index (χ1n) is 3.88. The highest BCUT2D eigenvalue weighted by atomic mass is 19.4. The number of alkyl halides is 3. The van der Waals surface area contributed by atoms with E-state index in [1.165, 1.54) is 5.32 Å². The molecule has 0 saturated heterocycles. The van der Waals surface area contributed by atoms with E-state index in [2.05, 4.69) is 4.98 Å². The summed E-state index contributed by atoms with van der Waals surface area (Å²) >= 11 is 0. The zero-order valence-electron chi connectivity index (χ0n) is 7.58. The van der Waals surface area contributed by atoms with Gasteiger partial charge in [0.15, 0.2) is 0 Å². The number of aromatic nitrogens is 1. The number of carbonyl (C=O) groups excluding carboxylic acids is 1. The van der Waals surface area contributed by atoms with E-state index in [1.807, 2.05) is 0 Å². The second-order valence-electron chi connectivity index (χ2n) is 2.68. The number of carboxylic acid groups (broad SMARTS) is 1. The molecule has 16 heavy (non-hydrogen) atoms. The van der Waals surface area contributed by atoms with Crippen LogP contribution in [0.5, 0.6) is 0 Å². The summed E-state index contributed by atoms with van der Waals surface area (Å²) in [7, 11) is 0. The van der Waals surface area contributed by atoms with Crippen molar-refractivity contribution in [3.8, 4) is 0 Å². The maximum Gasteiger partial charge on any atom is 0.471 e. The van der Waals surface area contributed by atoms with Gasteiger partial charge < -0.3 is 10.4 Å². The van der Waals surface area contributed by atoms with Crippen LogP contribution in [0.25, 0.3) is 0 Å². The quantitative estimate of drug-likeness (QED) is 0.807. The highest BCUT2D eigenvalue weighted by Crippen LogP contribution is 2.20. The normalized spacial score (nSPS) is 10.9. The molecule has 0 atom stereocenters. The van der Waals surface area contributed by atoms with Gasteiger partial charge in [0.25, 0.3) is 0 Å². The fraction of sp³-hybridized carbons (Fsp3) is 0.125. The zero-order chi connectivity index (χ0) is 12.3. The Balaban J connectivity index is 2.98. The van der Waals surface area contributed by atoms with Gasteiger partial charge in [0.2, 0.25) is 0 Å². The Kier molecular flexibility index (Phi) is 3.11. The van der Waals surface area contributed by atoms with Crippen LogP contribution in [-0.4, -0.2) is 28.1 Å². The molecule has 8 heteroatoms. The van der Waals surface area contributed by atoms with Crippen LogP contribution in [0.2, 0.25) is 0 Å². The first kappa shape index (κ1) is 12.0. The molecule has 0 aliphatic carbocycles. The molecule has 0 spiro atoms. The first-order chi connectivity index (χ1) is 7.32. The number of carboxylic acids is 1. The molecule has 86 valence electrons. The molecule has 2 N–H and O–H groups in total. The number of hydrogen-bond donors (Lipinski definition) is 2. The van der Waals surface area contributed by atoms with Gasteiger partial charge in [-0.3, -0.25) is 9.78 Å². The molecule has 0 bridgehead atoms. The number of halogens is 3. The second kappa shape index (κ2) is 4.17. The van der Waals surface area contributed by atoms with Crippen LogP contribution in [0.15, 0.2) is 18.5 Å². The highest BCUT2D eigenvalue weighted by molar-refractivity contribution is 6.01. The smallest absolute Gasteiger partial charge is 0.471 e. The van der Waals surface area contributed by atoms with Gasteiger partial charge in [-0.05, 0) is 6.07 Å². The molecule has 5 nitrogen and oxygen atoms in total. The number of nitrogens with one attached hydrogen (secondary N) is 1.